The second kappa shape index (κ2) is 12.7. The van der Waals surface area contributed by atoms with E-state index in [1.807, 2.05) is 60.7 Å². The number of aromatic nitrogens is 1. The van der Waals surface area contributed by atoms with Crippen LogP contribution in [0.25, 0.3) is 0 Å². The molecule has 0 spiro atoms. The topological polar surface area (TPSA) is 112 Å². The molecule has 0 saturated carbocycles. The zero-order chi connectivity index (χ0) is 24.2. The smallest absolute Gasteiger partial charge is 0.408 e. The Balaban J connectivity index is 1.57. The quantitative estimate of drug-likeness (QED) is 0.336. The number of hydrogen-bond acceptors (Lipinski definition) is 5. The lowest BCUT2D eigenvalue weighted by molar-refractivity contribution is -0.697. The van der Waals surface area contributed by atoms with Gasteiger partial charge < -0.3 is 20.5 Å². The van der Waals surface area contributed by atoms with Crippen LogP contribution in [0, 0.1) is 0 Å². The lowest BCUT2D eigenvalue weighted by atomic mass is 10.1. The predicted octanol–water partition coefficient (Wildman–Crippen LogP) is 2.89. The number of alkyl carbamates (subject to hydrolysis) is 1. The Morgan fingerprint density at radius 2 is 1.47 bits per heavy atom. The minimum absolute atomic E-state index is 0.0915. The Morgan fingerprint density at radius 3 is 2.09 bits per heavy atom. The Kier molecular flexibility index (Phi) is 9.16. The Morgan fingerprint density at radius 1 is 0.853 bits per heavy atom. The van der Waals surface area contributed by atoms with Crippen molar-refractivity contribution in [2.24, 2.45) is 5.73 Å². The van der Waals surface area contributed by atoms with Gasteiger partial charge in [0.15, 0.2) is 12.4 Å². The average Bonchev–Trinajstić information content (AvgIpc) is 2.87. The number of pyridine rings is 1. The van der Waals surface area contributed by atoms with Crippen LogP contribution in [-0.2, 0) is 34.0 Å². The van der Waals surface area contributed by atoms with Crippen molar-refractivity contribution in [1.82, 2.24) is 5.32 Å². The average molecular weight is 463 g/mol. The highest BCUT2D eigenvalue weighted by Crippen LogP contribution is 2.07. The summed E-state index contributed by atoms with van der Waals surface area (Å²) in [6.07, 6.45) is 3.61. The summed E-state index contributed by atoms with van der Waals surface area (Å²) in [6.45, 7) is 0.713. The number of ether oxygens (including phenoxy) is 2. The van der Waals surface area contributed by atoms with Crippen molar-refractivity contribution in [3.63, 3.8) is 0 Å². The standard InChI is InChI=1S/C26H27N3O5/c27-24(30)22-13-7-15-29(17-22)16-8-14-23(25(31)33-18-20-9-3-1-4-10-20)28-26(32)34-19-21-11-5-2-6-12-21/h1-7,9-13,15,17,23H,8,14,16,18-19H2,(H2-,27,28,30,32)/p+1/t23-/m0/s1. The highest BCUT2D eigenvalue weighted by molar-refractivity contribution is 5.92. The van der Waals surface area contributed by atoms with Crippen LogP contribution in [-0.4, -0.2) is 24.0 Å². The molecular formula is C26H28N3O5+. The van der Waals surface area contributed by atoms with E-state index in [-0.39, 0.29) is 13.2 Å². The minimum Gasteiger partial charge on any atom is -0.459 e. The number of amides is 2. The van der Waals surface area contributed by atoms with Crippen LogP contribution in [0.5, 0.6) is 0 Å². The number of nitrogens with zero attached hydrogens (tertiary/aromatic N) is 1. The van der Waals surface area contributed by atoms with E-state index in [0.29, 0.717) is 24.9 Å². The molecule has 1 heterocycles. The Hall–Kier alpha value is -4.20. The predicted molar refractivity (Wildman–Crippen MR) is 124 cm³/mol. The van der Waals surface area contributed by atoms with Gasteiger partial charge in [-0.05, 0) is 23.6 Å². The monoisotopic (exact) mass is 462 g/mol. The third kappa shape index (κ3) is 8.05. The molecule has 8 nitrogen and oxygen atoms in total. The summed E-state index contributed by atoms with van der Waals surface area (Å²) in [4.78, 5) is 36.5. The molecule has 176 valence electrons. The van der Waals surface area contributed by atoms with Crippen molar-refractivity contribution in [1.29, 1.82) is 0 Å². The number of nitrogens with two attached hydrogens (primary N) is 1. The minimum atomic E-state index is -0.882. The van der Waals surface area contributed by atoms with Crippen LogP contribution in [0.2, 0.25) is 0 Å². The fourth-order valence-corrected chi connectivity index (χ4v) is 3.27. The maximum atomic E-state index is 12.8. The van der Waals surface area contributed by atoms with Gasteiger partial charge in [0.1, 0.15) is 31.4 Å². The molecule has 0 aliphatic carbocycles. The van der Waals surface area contributed by atoms with Crippen molar-refractivity contribution in [3.8, 4) is 0 Å². The summed E-state index contributed by atoms with van der Waals surface area (Å²) < 4.78 is 12.5. The molecule has 1 aromatic heterocycles. The lowest BCUT2D eigenvalue weighted by Crippen LogP contribution is -2.43. The van der Waals surface area contributed by atoms with Gasteiger partial charge in [0.2, 0.25) is 0 Å². The summed E-state index contributed by atoms with van der Waals surface area (Å²) >= 11 is 0. The highest BCUT2D eigenvalue weighted by Gasteiger charge is 2.24. The second-order valence-corrected chi connectivity index (χ2v) is 7.69. The molecule has 2 amide bonds. The normalized spacial score (nSPS) is 11.3. The van der Waals surface area contributed by atoms with E-state index in [0.717, 1.165) is 11.1 Å². The van der Waals surface area contributed by atoms with E-state index in [9.17, 15) is 14.4 Å². The van der Waals surface area contributed by atoms with Gasteiger partial charge in [-0.1, -0.05) is 60.7 Å². The van der Waals surface area contributed by atoms with Crippen molar-refractivity contribution in [2.75, 3.05) is 0 Å². The third-order valence-electron chi connectivity index (χ3n) is 5.07. The van der Waals surface area contributed by atoms with Crippen LogP contribution >= 0.6 is 0 Å². The number of primary amides is 1. The van der Waals surface area contributed by atoms with Gasteiger partial charge in [-0.2, -0.15) is 0 Å². The number of aryl methyl sites for hydroxylation is 1. The molecule has 0 aliphatic rings. The zero-order valence-electron chi connectivity index (χ0n) is 18.8. The molecule has 0 aliphatic heterocycles. The van der Waals surface area contributed by atoms with Gasteiger partial charge in [-0.15, -0.1) is 0 Å². The first-order chi connectivity index (χ1) is 16.5. The van der Waals surface area contributed by atoms with E-state index >= 15 is 0 Å². The van der Waals surface area contributed by atoms with Crippen molar-refractivity contribution >= 4 is 18.0 Å². The fraction of sp³-hybridized carbons (Fsp3) is 0.231. The number of rotatable bonds is 11. The van der Waals surface area contributed by atoms with Gasteiger partial charge in [0.25, 0.3) is 5.91 Å². The highest BCUT2D eigenvalue weighted by atomic mass is 16.6. The number of benzene rings is 2. The number of hydrogen-bond donors (Lipinski definition) is 2. The van der Waals surface area contributed by atoms with Crippen LogP contribution in [0.3, 0.4) is 0 Å². The molecular weight excluding hydrogens is 434 g/mol. The first kappa shape index (κ1) is 24.4. The van der Waals surface area contributed by atoms with Gasteiger partial charge in [-0.3, -0.25) is 4.79 Å². The molecule has 3 rings (SSSR count). The van der Waals surface area contributed by atoms with Crippen molar-refractivity contribution in [2.45, 2.75) is 38.6 Å². The number of nitrogens with one attached hydrogen (secondary N) is 1. The van der Waals surface area contributed by atoms with Crippen LogP contribution in [0.15, 0.2) is 85.2 Å². The molecule has 0 saturated heterocycles. The fourth-order valence-electron chi connectivity index (χ4n) is 3.27. The van der Waals surface area contributed by atoms with E-state index in [2.05, 4.69) is 5.32 Å². The molecule has 0 bridgehead atoms. The molecule has 34 heavy (non-hydrogen) atoms. The maximum Gasteiger partial charge on any atom is 0.408 e. The van der Waals surface area contributed by atoms with Crippen molar-refractivity contribution < 1.29 is 28.4 Å². The first-order valence-electron chi connectivity index (χ1n) is 11.0. The van der Waals surface area contributed by atoms with Gasteiger partial charge in [-0.25, -0.2) is 14.2 Å². The summed E-state index contributed by atoms with van der Waals surface area (Å²) in [7, 11) is 0. The van der Waals surface area contributed by atoms with Gasteiger partial charge in [0, 0.05) is 12.5 Å². The third-order valence-corrected chi connectivity index (χ3v) is 5.07. The molecule has 0 radical (unpaired) electrons. The number of carbonyl (C=O) groups excluding carboxylic acids is 3. The van der Waals surface area contributed by atoms with E-state index in [4.69, 9.17) is 15.2 Å². The Labute approximate surface area is 198 Å². The van der Waals surface area contributed by atoms with Crippen LogP contribution in [0.1, 0.15) is 34.3 Å². The molecule has 0 fully saturated rings. The molecule has 1 atom stereocenters. The molecule has 3 N–H and O–H groups in total. The van der Waals surface area contributed by atoms with Crippen LogP contribution in [0.4, 0.5) is 4.79 Å². The molecule has 0 unspecified atom stereocenters. The van der Waals surface area contributed by atoms with Gasteiger partial charge >= 0.3 is 12.1 Å². The lowest BCUT2D eigenvalue weighted by Gasteiger charge is -2.17. The summed E-state index contributed by atoms with van der Waals surface area (Å²) in [6, 6.07) is 21.0. The summed E-state index contributed by atoms with van der Waals surface area (Å²) in [5.74, 6) is -1.06. The SMILES string of the molecule is NC(=O)c1ccc[n+](CCC[C@H](NC(=O)OCc2ccccc2)C(=O)OCc2ccccc2)c1. The zero-order valence-corrected chi connectivity index (χ0v) is 18.8. The Bertz CT molecular complexity index is 1090. The first-order valence-corrected chi connectivity index (χ1v) is 11.0. The largest absolute Gasteiger partial charge is 0.459 e. The van der Waals surface area contributed by atoms with E-state index in [1.165, 1.54) is 0 Å². The van der Waals surface area contributed by atoms with Gasteiger partial charge in [0.05, 0.1) is 0 Å². The second-order valence-electron chi connectivity index (χ2n) is 7.69. The molecule has 3 aromatic rings. The summed E-state index contributed by atoms with van der Waals surface area (Å²) in [5, 5.41) is 2.62. The van der Waals surface area contributed by atoms with E-state index < -0.39 is 24.0 Å². The maximum absolute atomic E-state index is 12.8. The summed E-state index contributed by atoms with van der Waals surface area (Å²) in [5.41, 5.74) is 7.41. The molecule has 8 heteroatoms. The molecule has 2 aromatic carbocycles. The number of esters is 1. The number of carbonyl (C=O) groups is 3. The van der Waals surface area contributed by atoms with E-state index in [1.54, 1.807) is 29.1 Å². The van der Waals surface area contributed by atoms with Crippen molar-refractivity contribution in [3.05, 3.63) is 102 Å². The van der Waals surface area contributed by atoms with Crippen LogP contribution < -0.4 is 15.6 Å².